The largest absolute Gasteiger partial charge is 0.352 e. The topological polar surface area (TPSA) is 74.8 Å². The van der Waals surface area contributed by atoms with Crippen LogP contribution in [0.15, 0.2) is 36.4 Å². The number of nitrogens with one attached hydrogen (secondary N) is 3. The molecular formula is C22H28N6. The number of hydrogen-bond donors (Lipinski definition) is 3. The van der Waals surface area contributed by atoms with Gasteiger partial charge in [0.1, 0.15) is 0 Å². The van der Waals surface area contributed by atoms with Gasteiger partial charge in [-0.05, 0) is 88.1 Å². The van der Waals surface area contributed by atoms with Gasteiger partial charge in [0.2, 0.25) is 17.8 Å². The summed E-state index contributed by atoms with van der Waals surface area (Å²) in [6, 6.07) is 12.8. The first-order valence-corrected chi connectivity index (χ1v) is 9.50. The van der Waals surface area contributed by atoms with Crippen LogP contribution in [-0.2, 0) is 0 Å². The van der Waals surface area contributed by atoms with Gasteiger partial charge in [0.05, 0.1) is 0 Å². The molecule has 2 aromatic carbocycles. The summed E-state index contributed by atoms with van der Waals surface area (Å²) in [5.74, 6) is 1.52. The lowest BCUT2D eigenvalue weighted by Crippen LogP contribution is -2.15. The van der Waals surface area contributed by atoms with E-state index in [1.54, 1.807) is 0 Å². The molecule has 0 radical (unpaired) electrons. The van der Waals surface area contributed by atoms with E-state index in [1.165, 1.54) is 22.3 Å². The van der Waals surface area contributed by atoms with E-state index in [2.05, 4.69) is 109 Å². The Kier molecular flexibility index (Phi) is 5.78. The second-order valence-corrected chi connectivity index (χ2v) is 7.61. The molecule has 0 atom stereocenters. The van der Waals surface area contributed by atoms with Crippen LogP contribution >= 0.6 is 0 Å². The van der Waals surface area contributed by atoms with Crippen molar-refractivity contribution in [3.05, 3.63) is 58.7 Å². The van der Waals surface area contributed by atoms with Crippen molar-refractivity contribution in [2.75, 3.05) is 16.0 Å². The van der Waals surface area contributed by atoms with Crippen molar-refractivity contribution in [1.29, 1.82) is 0 Å². The van der Waals surface area contributed by atoms with E-state index in [0.29, 0.717) is 17.8 Å². The Hall–Kier alpha value is -3.15. The molecule has 6 nitrogen and oxygen atoms in total. The van der Waals surface area contributed by atoms with Crippen molar-refractivity contribution in [2.45, 2.75) is 47.6 Å². The second kappa shape index (κ2) is 8.25. The number of anilines is 5. The molecule has 1 aromatic heterocycles. The van der Waals surface area contributed by atoms with Crippen LogP contribution in [-0.4, -0.2) is 21.0 Å². The molecule has 0 spiro atoms. The van der Waals surface area contributed by atoms with Crippen LogP contribution in [0.4, 0.5) is 29.2 Å². The van der Waals surface area contributed by atoms with E-state index in [0.717, 1.165) is 11.4 Å². The van der Waals surface area contributed by atoms with Crippen LogP contribution in [0.25, 0.3) is 0 Å². The smallest absolute Gasteiger partial charge is 0.233 e. The Labute approximate surface area is 166 Å². The first-order valence-electron chi connectivity index (χ1n) is 9.50. The van der Waals surface area contributed by atoms with Crippen LogP contribution in [0.5, 0.6) is 0 Å². The molecule has 28 heavy (non-hydrogen) atoms. The van der Waals surface area contributed by atoms with Crippen molar-refractivity contribution < 1.29 is 0 Å². The first-order chi connectivity index (χ1) is 13.3. The van der Waals surface area contributed by atoms with Crippen LogP contribution < -0.4 is 16.0 Å². The Morgan fingerprint density at radius 3 is 1.29 bits per heavy atom. The molecule has 0 bridgehead atoms. The second-order valence-electron chi connectivity index (χ2n) is 7.61. The summed E-state index contributed by atoms with van der Waals surface area (Å²) < 4.78 is 0. The van der Waals surface area contributed by atoms with E-state index in [4.69, 9.17) is 0 Å². The van der Waals surface area contributed by atoms with Crippen molar-refractivity contribution in [2.24, 2.45) is 0 Å². The summed E-state index contributed by atoms with van der Waals surface area (Å²) in [5.41, 5.74) is 6.65. The van der Waals surface area contributed by atoms with Gasteiger partial charge in [-0.25, -0.2) is 0 Å². The molecule has 0 fully saturated rings. The average Bonchev–Trinajstić information content (AvgIpc) is 2.51. The number of benzene rings is 2. The normalized spacial score (nSPS) is 10.8. The monoisotopic (exact) mass is 376 g/mol. The van der Waals surface area contributed by atoms with Gasteiger partial charge < -0.3 is 16.0 Å². The molecule has 0 aliphatic heterocycles. The fourth-order valence-electron chi connectivity index (χ4n) is 3.16. The van der Waals surface area contributed by atoms with Crippen LogP contribution in [0.3, 0.4) is 0 Å². The van der Waals surface area contributed by atoms with E-state index in [-0.39, 0.29) is 6.04 Å². The SMILES string of the molecule is Cc1cc(C)cc(Nc2nc(Nc3cc(C)cc(C)c3)nc(NC(C)C)n2)c1. The number of rotatable bonds is 6. The number of aromatic nitrogens is 3. The Morgan fingerprint density at radius 2 is 0.929 bits per heavy atom. The van der Waals surface area contributed by atoms with Gasteiger partial charge in [-0.2, -0.15) is 15.0 Å². The van der Waals surface area contributed by atoms with Gasteiger partial charge in [-0.15, -0.1) is 0 Å². The lowest BCUT2D eigenvalue weighted by molar-refractivity contribution is 0.869. The molecule has 0 saturated carbocycles. The summed E-state index contributed by atoms with van der Waals surface area (Å²) in [5, 5.41) is 9.87. The Bertz CT molecular complexity index is 869. The molecule has 0 aliphatic carbocycles. The van der Waals surface area contributed by atoms with Gasteiger partial charge in [0.25, 0.3) is 0 Å². The molecule has 3 aromatic rings. The molecule has 6 heteroatoms. The van der Waals surface area contributed by atoms with Gasteiger partial charge in [0, 0.05) is 17.4 Å². The molecular weight excluding hydrogens is 348 g/mol. The summed E-state index contributed by atoms with van der Waals surface area (Å²) >= 11 is 0. The van der Waals surface area contributed by atoms with Crippen molar-refractivity contribution >= 4 is 29.2 Å². The maximum absolute atomic E-state index is 4.57. The predicted molar refractivity (Wildman–Crippen MR) is 117 cm³/mol. The number of hydrogen-bond acceptors (Lipinski definition) is 6. The highest BCUT2D eigenvalue weighted by atomic mass is 15.3. The summed E-state index contributed by atoms with van der Waals surface area (Å²) in [7, 11) is 0. The molecule has 0 saturated heterocycles. The van der Waals surface area contributed by atoms with Gasteiger partial charge in [0.15, 0.2) is 0 Å². The van der Waals surface area contributed by atoms with Crippen molar-refractivity contribution in [1.82, 2.24) is 15.0 Å². The van der Waals surface area contributed by atoms with Crippen molar-refractivity contribution in [3.63, 3.8) is 0 Å². The Morgan fingerprint density at radius 1 is 0.571 bits per heavy atom. The third kappa shape index (κ3) is 5.42. The van der Waals surface area contributed by atoms with E-state index < -0.39 is 0 Å². The molecule has 0 amide bonds. The van der Waals surface area contributed by atoms with Crippen molar-refractivity contribution in [3.8, 4) is 0 Å². The first kappa shape index (κ1) is 19.6. The zero-order valence-corrected chi connectivity index (χ0v) is 17.4. The van der Waals surface area contributed by atoms with E-state index in [9.17, 15) is 0 Å². The van der Waals surface area contributed by atoms with Gasteiger partial charge >= 0.3 is 0 Å². The highest BCUT2D eigenvalue weighted by Crippen LogP contribution is 2.22. The average molecular weight is 377 g/mol. The maximum Gasteiger partial charge on any atom is 0.233 e. The van der Waals surface area contributed by atoms with Crippen LogP contribution in [0.1, 0.15) is 36.1 Å². The summed E-state index contributed by atoms with van der Waals surface area (Å²) in [6.45, 7) is 12.4. The summed E-state index contributed by atoms with van der Waals surface area (Å²) in [6.07, 6.45) is 0. The molecule has 0 aliphatic rings. The van der Waals surface area contributed by atoms with E-state index >= 15 is 0 Å². The third-order valence-corrected chi connectivity index (χ3v) is 4.01. The van der Waals surface area contributed by atoms with Crippen LogP contribution in [0.2, 0.25) is 0 Å². The maximum atomic E-state index is 4.57. The molecule has 0 unspecified atom stereocenters. The minimum Gasteiger partial charge on any atom is -0.352 e. The zero-order chi connectivity index (χ0) is 20.3. The Balaban J connectivity index is 1.93. The van der Waals surface area contributed by atoms with Gasteiger partial charge in [-0.1, -0.05) is 12.1 Å². The molecule has 3 rings (SSSR count). The van der Waals surface area contributed by atoms with Crippen LogP contribution in [0, 0.1) is 27.7 Å². The quantitative estimate of drug-likeness (QED) is 0.534. The minimum atomic E-state index is 0.213. The third-order valence-electron chi connectivity index (χ3n) is 4.01. The fourth-order valence-corrected chi connectivity index (χ4v) is 3.16. The lowest BCUT2D eigenvalue weighted by Gasteiger charge is -2.14. The fraction of sp³-hybridized carbons (Fsp3) is 0.318. The predicted octanol–water partition coefficient (Wildman–Crippen LogP) is 5.41. The molecule has 1 heterocycles. The summed E-state index contributed by atoms with van der Waals surface area (Å²) in [4.78, 5) is 13.6. The lowest BCUT2D eigenvalue weighted by atomic mass is 10.1. The highest BCUT2D eigenvalue weighted by Gasteiger charge is 2.09. The minimum absolute atomic E-state index is 0.213. The molecule has 3 N–H and O–H groups in total. The molecule has 146 valence electrons. The number of aryl methyl sites for hydroxylation is 4. The highest BCUT2D eigenvalue weighted by molar-refractivity contribution is 5.61. The van der Waals surface area contributed by atoms with Gasteiger partial charge in [-0.3, -0.25) is 0 Å². The zero-order valence-electron chi connectivity index (χ0n) is 17.4. The van der Waals surface area contributed by atoms with E-state index in [1.807, 2.05) is 0 Å². The standard InChI is InChI=1S/C22H28N6/c1-13(2)23-20-26-21(24-18-9-14(3)7-15(4)10-18)28-22(27-20)25-19-11-16(5)8-17(6)12-19/h7-13H,1-6H3,(H3,23,24,25,26,27,28). The number of nitrogens with zero attached hydrogens (tertiary/aromatic N) is 3.